The Labute approximate surface area is 129 Å². The van der Waals surface area contributed by atoms with E-state index in [9.17, 15) is 31.7 Å². The number of hydrogen-bond donors (Lipinski definition) is 0. The monoisotopic (exact) mass is 349 g/mol. The van der Waals surface area contributed by atoms with Gasteiger partial charge in [-0.15, -0.1) is 0 Å². The molecule has 23 heavy (non-hydrogen) atoms. The molecule has 0 amide bonds. The molecular weight excluding hydrogens is 339 g/mol. The van der Waals surface area contributed by atoms with Crippen LogP contribution in [0.15, 0.2) is 48.6 Å². The Kier molecular flexibility index (Phi) is 4.31. The van der Waals surface area contributed by atoms with E-state index in [4.69, 9.17) is 0 Å². The largest absolute Gasteiger partial charge is 0.523 e. The number of nitrogens with zero attached hydrogens (tertiary/aromatic N) is 1. The molecule has 0 radical (unpaired) electrons. The SMILES string of the molecule is O=[N+]([O-])C1(OS(=O)(=O)C(F)(F)F)C=CC(c2ccccc2)=CC1. The third kappa shape index (κ3) is 3.42. The van der Waals surface area contributed by atoms with Gasteiger partial charge in [0.1, 0.15) is 0 Å². The van der Waals surface area contributed by atoms with E-state index in [1.807, 2.05) is 0 Å². The van der Waals surface area contributed by atoms with Gasteiger partial charge in [0, 0.05) is 6.08 Å². The van der Waals surface area contributed by atoms with Gasteiger partial charge in [-0.05, 0) is 17.2 Å². The van der Waals surface area contributed by atoms with Crippen LogP contribution in [0.2, 0.25) is 0 Å². The summed E-state index contributed by atoms with van der Waals surface area (Å²) in [6.45, 7) is 0. The second-order valence-electron chi connectivity index (χ2n) is 4.65. The molecule has 1 unspecified atom stereocenters. The average Bonchev–Trinajstić information content (AvgIpc) is 2.47. The third-order valence-electron chi connectivity index (χ3n) is 3.09. The van der Waals surface area contributed by atoms with Gasteiger partial charge in [-0.3, -0.25) is 10.1 Å². The summed E-state index contributed by atoms with van der Waals surface area (Å²) < 4.78 is 63.2. The van der Waals surface area contributed by atoms with Gasteiger partial charge in [-0.1, -0.05) is 36.4 Å². The molecule has 0 heterocycles. The van der Waals surface area contributed by atoms with Gasteiger partial charge in [-0.25, -0.2) is 0 Å². The fourth-order valence-corrected chi connectivity index (χ4v) is 2.58. The number of alkyl halides is 3. The molecule has 0 saturated heterocycles. The molecule has 10 heteroatoms. The molecule has 0 bridgehead atoms. The first-order valence-electron chi connectivity index (χ1n) is 6.19. The van der Waals surface area contributed by atoms with Gasteiger partial charge < -0.3 is 0 Å². The minimum Gasteiger partial charge on any atom is -0.261 e. The Morgan fingerprint density at radius 1 is 1.22 bits per heavy atom. The van der Waals surface area contributed by atoms with Crippen molar-refractivity contribution < 1.29 is 30.7 Å². The average molecular weight is 349 g/mol. The van der Waals surface area contributed by atoms with Crippen molar-refractivity contribution >= 4 is 15.7 Å². The third-order valence-corrected chi connectivity index (χ3v) is 4.17. The zero-order chi connectivity index (χ0) is 17.3. The van der Waals surface area contributed by atoms with E-state index >= 15 is 0 Å². The van der Waals surface area contributed by atoms with Crippen molar-refractivity contribution in [3.05, 3.63) is 64.2 Å². The summed E-state index contributed by atoms with van der Waals surface area (Å²) in [6.07, 6.45) is 2.46. The minimum atomic E-state index is -6.11. The second kappa shape index (κ2) is 5.78. The Bertz CT molecular complexity index is 771. The van der Waals surface area contributed by atoms with Gasteiger partial charge in [0.2, 0.25) is 0 Å². The summed E-state index contributed by atoms with van der Waals surface area (Å²) in [5, 5.41) is 11.1. The molecule has 124 valence electrons. The van der Waals surface area contributed by atoms with E-state index in [1.165, 1.54) is 6.08 Å². The van der Waals surface area contributed by atoms with Crippen LogP contribution in [0.25, 0.3) is 5.57 Å². The molecule has 0 saturated carbocycles. The highest BCUT2D eigenvalue weighted by molar-refractivity contribution is 7.87. The number of halogens is 3. The number of nitro groups is 1. The van der Waals surface area contributed by atoms with Crippen molar-refractivity contribution in [2.75, 3.05) is 0 Å². The Morgan fingerprint density at radius 3 is 2.26 bits per heavy atom. The van der Waals surface area contributed by atoms with E-state index in [2.05, 4.69) is 4.18 Å². The van der Waals surface area contributed by atoms with E-state index in [0.717, 1.165) is 6.08 Å². The van der Waals surface area contributed by atoms with Gasteiger partial charge in [0.25, 0.3) is 0 Å². The molecule has 6 nitrogen and oxygen atoms in total. The van der Waals surface area contributed by atoms with Crippen LogP contribution in [0.1, 0.15) is 12.0 Å². The highest BCUT2D eigenvalue weighted by Crippen LogP contribution is 2.35. The van der Waals surface area contributed by atoms with Crippen molar-refractivity contribution in [1.29, 1.82) is 0 Å². The number of hydrogen-bond acceptors (Lipinski definition) is 5. The molecule has 0 N–H and O–H groups in total. The lowest BCUT2D eigenvalue weighted by Gasteiger charge is -2.23. The first-order chi connectivity index (χ1) is 10.6. The van der Waals surface area contributed by atoms with Crippen LogP contribution >= 0.6 is 0 Å². The van der Waals surface area contributed by atoms with E-state index in [0.29, 0.717) is 17.2 Å². The van der Waals surface area contributed by atoms with Crippen LogP contribution < -0.4 is 0 Å². The fourth-order valence-electron chi connectivity index (χ4n) is 1.92. The summed E-state index contributed by atoms with van der Waals surface area (Å²) >= 11 is 0. The first kappa shape index (κ1) is 17.2. The normalized spacial score (nSPS) is 21.8. The molecule has 1 aromatic carbocycles. The maximum atomic E-state index is 12.4. The highest BCUT2D eigenvalue weighted by atomic mass is 32.2. The summed E-state index contributed by atoms with van der Waals surface area (Å²) in [5.41, 5.74) is -7.37. The molecule has 0 aliphatic heterocycles. The van der Waals surface area contributed by atoms with E-state index in [1.54, 1.807) is 30.3 Å². The maximum absolute atomic E-state index is 12.4. The quantitative estimate of drug-likeness (QED) is 0.274. The van der Waals surface area contributed by atoms with Crippen LogP contribution in [-0.2, 0) is 14.3 Å². The molecule has 0 aromatic heterocycles. The van der Waals surface area contributed by atoms with Crippen LogP contribution in [-0.4, -0.2) is 24.6 Å². The van der Waals surface area contributed by atoms with Crippen molar-refractivity contribution in [3.8, 4) is 0 Å². The zero-order valence-electron chi connectivity index (χ0n) is 11.4. The second-order valence-corrected chi connectivity index (χ2v) is 6.19. The van der Waals surface area contributed by atoms with Gasteiger partial charge in [-0.2, -0.15) is 25.8 Å². The van der Waals surface area contributed by atoms with Gasteiger partial charge in [0.05, 0.1) is 11.3 Å². The van der Waals surface area contributed by atoms with Crippen molar-refractivity contribution in [1.82, 2.24) is 0 Å². The number of allylic oxidation sites excluding steroid dienone is 2. The van der Waals surface area contributed by atoms with E-state index < -0.39 is 32.7 Å². The fraction of sp³-hybridized carbons (Fsp3) is 0.231. The van der Waals surface area contributed by atoms with Gasteiger partial charge >= 0.3 is 21.4 Å². The molecule has 0 fully saturated rings. The predicted molar refractivity (Wildman–Crippen MR) is 74.0 cm³/mol. The van der Waals surface area contributed by atoms with Crippen molar-refractivity contribution in [2.45, 2.75) is 17.7 Å². The Balaban J connectivity index is 2.32. The lowest BCUT2D eigenvalue weighted by atomic mass is 9.95. The topological polar surface area (TPSA) is 86.5 Å². The van der Waals surface area contributed by atoms with Crippen molar-refractivity contribution in [2.24, 2.45) is 0 Å². The van der Waals surface area contributed by atoms with Crippen LogP contribution in [0.3, 0.4) is 0 Å². The summed E-state index contributed by atoms with van der Waals surface area (Å²) in [6, 6.07) is 8.57. The standard InChI is InChI=1S/C13H10F3NO5S/c14-13(15,16)23(20,21)22-12(17(18)19)8-6-11(7-9-12)10-4-2-1-3-5-10/h1-8H,9H2. The first-order valence-corrected chi connectivity index (χ1v) is 7.59. The number of rotatable bonds is 4. The van der Waals surface area contributed by atoms with Crippen LogP contribution in [0, 0.1) is 10.1 Å². The minimum absolute atomic E-state index is 0.510. The predicted octanol–water partition coefficient (Wildman–Crippen LogP) is 2.87. The Morgan fingerprint density at radius 2 is 1.83 bits per heavy atom. The Hall–Kier alpha value is -2.20. The van der Waals surface area contributed by atoms with Crippen LogP contribution in [0.4, 0.5) is 13.2 Å². The summed E-state index contributed by atoms with van der Waals surface area (Å²) in [7, 11) is -6.11. The van der Waals surface area contributed by atoms with Crippen molar-refractivity contribution in [3.63, 3.8) is 0 Å². The molecular formula is C13H10F3NO5S. The maximum Gasteiger partial charge on any atom is 0.523 e. The zero-order valence-corrected chi connectivity index (χ0v) is 12.2. The van der Waals surface area contributed by atoms with Crippen LogP contribution in [0.5, 0.6) is 0 Å². The molecule has 1 atom stereocenters. The smallest absolute Gasteiger partial charge is 0.261 e. The van der Waals surface area contributed by atoms with Gasteiger partial charge in [0.15, 0.2) is 0 Å². The summed E-state index contributed by atoms with van der Waals surface area (Å²) in [5.74, 6) is 0. The molecule has 0 spiro atoms. The van der Waals surface area contributed by atoms with E-state index in [-0.39, 0.29) is 0 Å². The lowest BCUT2D eigenvalue weighted by Crippen LogP contribution is -2.44. The molecule has 1 aliphatic carbocycles. The highest BCUT2D eigenvalue weighted by Gasteiger charge is 2.56. The number of benzene rings is 1. The molecule has 1 aromatic rings. The lowest BCUT2D eigenvalue weighted by molar-refractivity contribution is -0.599. The summed E-state index contributed by atoms with van der Waals surface area (Å²) in [4.78, 5) is 9.89. The molecule has 1 aliphatic rings. The molecule has 2 rings (SSSR count).